The number of nitrogens with zero attached hydrogens (tertiary/aromatic N) is 2. The molecule has 0 amide bonds. The molecular formula is C22H27N3O. The van der Waals surface area contributed by atoms with Gasteiger partial charge in [-0.2, -0.15) is 5.10 Å². The largest absolute Gasteiger partial charge is 0.460 e. The van der Waals surface area contributed by atoms with Crippen LogP contribution in [0.1, 0.15) is 48.8 Å². The fourth-order valence-corrected chi connectivity index (χ4v) is 3.67. The third-order valence-electron chi connectivity index (χ3n) is 5.26. The normalized spacial score (nSPS) is 15.2. The SMILES string of the molecule is Cc1ccc(-c2[nH]ncc2CN2CCc3ccc(C(C)(C)C)cc3C2)o1. The Morgan fingerprint density at radius 2 is 2.00 bits per heavy atom. The third-order valence-corrected chi connectivity index (χ3v) is 5.26. The van der Waals surface area contributed by atoms with Crippen LogP contribution in [0.2, 0.25) is 0 Å². The van der Waals surface area contributed by atoms with E-state index >= 15 is 0 Å². The number of nitrogens with one attached hydrogen (secondary N) is 1. The second-order valence-corrected chi connectivity index (χ2v) is 8.37. The van der Waals surface area contributed by atoms with Gasteiger partial charge in [0.15, 0.2) is 5.76 Å². The summed E-state index contributed by atoms with van der Waals surface area (Å²) < 4.78 is 5.78. The molecule has 2 aromatic heterocycles. The molecule has 0 fully saturated rings. The van der Waals surface area contributed by atoms with E-state index in [0.29, 0.717) is 0 Å². The molecule has 0 bridgehead atoms. The predicted molar refractivity (Wildman–Crippen MR) is 104 cm³/mol. The summed E-state index contributed by atoms with van der Waals surface area (Å²) in [7, 11) is 0. The van der Waals surface area contributed by atoms with E-state index in [1.54, 1.807) is 0 Å². The molecule has 0 saturated carbocycles. The highest BCUT2D eigenvalue weighted by atomic mass is 16.3. The average molecular weight is 349 g/mol. The highest BCUT2D eigenvalue weighted by Gasteiger charge is 2.22. The van der Waals surface area contributed by atoms with E-state index in [4.69, 9.17) is 4.42 Å². The lowest BCUT2D eigenvalue weighted by atomic mass is 9.84. The summed E-state index contributed by atoms with van der Waals surface area (Å²) in [4.78, 5) is 2.50. The molecule has 1 aliphatic rings. The van der Waals surface area contributed by atoms with Gasteiger partial charge in [-0.25, -0.2) is 0 Å². The Labute approximate surface area is 155 Å². The van der Waals surface area contributed by atoms with E-state index in [1.165, 1.54) is 22.3 Å². The number of aromatic amines is 1. The second kappa shape index (κ2) is 6.44. The van der Waals surface area contributed by atoms with Crippen molar-refractivity contribution < 1.29 is 4.42 Å². The molecule has 0 atom stereocenters. The molecule has 1 aromatic carbocycles. The van der Waals surface area contributed by atoms with Gasteiger partial charge >= 0.3 is 0 Å². The van der Waals surface area contributed by atoms with Crippen molar-refractivity contribution in [3.8, 4) is 11.5 Å². The zero-order chi connectivity index (χ0) is 18.3. The monoisotopic (exact) mass is 349 g/mol. The van der Waals surface area contributed by atoms with Gasteiger partial charge in [-0.1, -0.05) is 39.0 Å². The van der Waals surface area contributed by atoms with Crippen LogP contribution < -0.4 is 0 Å². The molecule has 4 nitrogen and oxygen atoms in total. The van der Waals surface area contributed by atoms with E-state index in [2.05, 4.69) is 54.1 Å². The van der Waals surface area contributed by atoms with Crippen LogP contribution in [-0.2, 0) is 24.9 Å². The number of benzene rings is 1. The minimum Gasteiger partial charge on any atom is -0.460 e. The van der Waals surface area contributed by atoms with Crippen LogP contribution in [-0.4, -0.2) is 21.6 Å². The van der Waals surface area contributed by atoms with Gasteiger partial charge in [0, 0.05) is 25.2 Å². The van der Waals surface area contributed by atoms with E-state index < -0.39 is 0 Å². The molecule has 0 spiro atoms. The van der Waals surface area contributed by atoms with E-state index in [1.807, 2.05) is 25.3 Å². The summed E-state index contributed by atoms with van der Waals surface area (Å²) in [6, 6.07) is 11.0. The number of aryl methyl sites for hydroxylation is 1. The minimum atomic E-state index is 0.187. The molecule has 0 radical (unpaired) electrons. The fourth-order valence-electron chi connectivity index (χ4n) is 3.67. The number of hydrogen-bond acceptors (Lipinski definition) is 3. The topological polar surface area (TPSA) is 45.1 Å². The first-order chi connectivity index (χ1) is 12.4. The Morgan fingerprint density at radius 3 is 2.73 bits per heavy atom. The summed E-state index contributed by atoms with van der Waals surface area (Å²) in [5.74, 6) is 1.78. The van der Waals surface area contributed by atoms with Gasteiger partial charge in [0.1, 0.15) is 11.5 Å². The van der Waals surface area contributed by atoms with Crippen molar-refractivity contribution in [2.45, 2.75) is 52.6 Å². The number of aromatic nitrogens is 2. The summed E-state index contributed by atoms with van der Waals surface area (Å²) in [5.41, 5.74) is 6.73. The van der Waals surface area contributed by atoms with Gasteiger partial charge in [0.2, 0.25) is 0 Å². The van der Waals surface area contributed by atoms with Crippen molar-refractivity contribution in [3.63, 3.8) is 0 Å². The number of hydrogen-bond donors (Lipinski definition) is 1. The molecule has 0 aliphatic carbocycles. The van der Waals surface area contributed by atoms with E-state index in [-0.39, 0.29) is 5.41 Å². The van der Waals surface area contributed by atoms with Gasteiger partial charge in [-0.15, -0.1) is 0 Å². The Hall–Kier alpha value is -2.33. The van der Waals surface area contributed by atoms with Crippen LogP contribution in [0.5, 0.6) is 0 Å². The standard InChI is InChI=1S/C22H27N3O/c1-15-5-8-20(26-15)21-18(12-23-24-21)14-25-10-9-16-6-7-19(22(2,3)4)11-17(16)13-25/h5-8,11-12H,9-10,13-14H2,1-4H3,(H,23,24). The van der Waals surface area contributed by atoms with Crippen molar-refractivity contribution in [1.82, 2.24) is 15.1 Å². The molecule has 4 rings (SSSR count). The maximum atomic E-state index is 5.78. The number of H-pyrrole nitrogens is 1. The van der Waals surface area contributed by atoms with Crippen LogP contribution in [0, 0.1) is 6.92 Å². The van der Waals surface area contributed by atoms with Crippen molar-refractivity contribution in [3.05, 3.63) is 64.5 Å². The maximum Gasteiger partial charge on any atom is 0.152 e. The van der Waals surface area contributed by atoms with Gasteiger partial charge in [0.25, 0.3) is 0 Å². The lowest BCUT2D eigenvalue weighted by Crippen LogP contribution is -2.30. The first kappa shape index (κ1) is 17.1. The molecule has 3 aromatic rings. The highest BCUT2D eigenvalue weighted by molar-refractivity contribution is 5.56. The summed E-state index contributed by atoms with van der Waals surface area (Å²) >= 11 is 0. The smallest absolute Gasteiger partial charge is 0.152 e. The Morgan fingerprint density at radius 1 is 1.15 bits per heavy atom. The van der Waals surface area contributed by atoms with Crippen LogP contribution in [0.15, 0.2) is 40.9 Å². The van der Waals surface area contributed by atoms with E-state index in [0.717, 1.165) is 43.3 Å². The molecule has 4 heteroatoms. The van der Waals surface area contributed by atoms with Gasteiger partial charge < -0.3 is 4.42 Å². The Bertz CT molecular complexity index is 914. The van der Waals surface area contributed by atoms with E-state index in [9.17, 15) is 0 Å². The molecule has 3 heterocycles. The predicted octanol–water partition coefficient (Wildman–Crippen LogP) is 4.83. The molecule has 26 heavy (non-hydrogen) atoms. The first-order valence-corrected chi connectivity index (χ1v) is 9.34. The van der Waals surface area contributed by atoms with Crippen molar-refractivity contribution >= 4 is 0 Å². The Balaban J connectivity index is 1.54. The fraction of sp³-hybridized carbons (Fsp3) is 0.409. The second-order valence-electron chi connectivity index (χ2n) is 8.37. The van der Waals surface area contributed by atoms with Crippen LogP contribution in [0.4, 0.5) is 0 Å². The highest BCUT2D eigenvalue weighted by Crippen LogP contribution is 2.29. The van der Waals surface area contributed by atoms with Gasteiger partial charge in [-0.05, 0) is 47.6 Å². The third kappa shape index (κ3) is 3.34. The molecule has 1 aliphatic heterocycles. The van der Waals surface area contributed by atoms with Gasteiger partial charge in [-0.3, -0.25) is 10.00 Å². The van der Waals surface area contributed by atoms with Crippen LogP contribution >= 0.6 is 0 Å². The Kier molecular flexibility index (Phi) is 4.23. The lowest BCUT2D eigenvalue weighted by molar-refractivity contribution is 0.245. The summed E-state index contributed by atoms with van der Waals surface area (Å²) in [5, 5.41) is 7.36. The summed E-state index contributed by atoms with van der Waals surface area (Å²) in [6.07, 6.45) is 3.03. The average Bonchev–Trinajstić information content (AvgIpc) is 3.22. The summed E-state index contributed by atoms with van der Waals surface area (Å²) in [6.45, 7) is 11.7. The van der Waals surface area contributed by atoms with Crippen molar-refractivity contribution in [2.24, 2.45) is 0 Å². The lowest BCUT2D eigenvalue weighted by Gasteiger charge is -2.30. The van der Waals surface area contributed by atoms with Crippen LogP contribution in [0.25, 0.3) is 11.5 Å². The zero-order valence-electron chi connectivity index (χ0n) is 16.1. The minimum absolute atomic E-state index is 0.187. The maximum absolute atomic E-state index is 5.78. The molecule has 1 N–H and O–H groups in total. The molecule has 0 unspecified atom stereocenters. The zero-order valence-corrected chi connectivity index (χ0v) is 16.1. The first-order valence-electron chi connectivity index (χ1n) is 9.34. The van der Waals surface area contributed by atoms with Gasteiger partial charge in [0.05, 0.1) is 6.20 Å². The quantitative estimate of drug-likeness (QED) is 0.736. The number of rotatable bonds is 3. The molecular weight excluding hydrogens is 322 g/mol. The molecule has 136 valence electrons. The van der Waals surface area contributed by atoms with Crippen molar-refractivity contribution in [2.75, 3.05) is 6.54 Å². The number of fused-ring (bicyclic) bond motifs is 1. The van der Waals surface area contributed by atoms with Crippen molar-refractivity contribution in [1.29, 1.82) is 0 Å². The number of furan rings is 1. The van der Waals surface area contributed by atoms with Crippen LogP contribution in [0.3, 0.4) is 0 Å². The molecule has 0 saturated heterocycles.